The molecule has 1 aromatic carbocycles. The van der Waals surface area contributed by atoms with Crippen molar-refractivity contribution < 1.29 is 9.53 Å². The standard InChI is InChI=1S/C19H24N2O2/c1-19(2,3)23-18(22)21-9-8-14(13-21)10-17-11-15-6-4-5-7-16(15)12-20-17/h4-7,11-12,14H,8-10,13H2,1-3H3/t14-/m0/s1. The van der Waals surface area contributed by atoms with Crippen molar-refractivity contribution in [2.24, 2.45) is 5.92 Å². The van der Waals surface area contributed by atoms with Crippen LogP contribution in [0.4, 0.5) is 4.79 Å². The third kappa shape index (κ3) is 4.01. The number of carbonyl (C=O) groups is 1. The number of hydrogen-bond acceptors (Lipinski definition) is 3. The molecule has 1 amide bonds. The summed E-state index contributed by atoms with van der Waals surface area (Å²) >= 11 is 0. The van der Waals surface area contributed by atoms with E-state index in [-0.39, 0.29) is 6.09 Å². The molecule has 1 saturated heterocycles. The van der Waals surface area contributed by atoms with Crippen LogP contribution in [0.5, 0.6) is 0 Å². The quantitative estimate of drug-likeness (QED) is 0.840. The number of nitrogens with zero attached hydrogens (tertiary/aromatic N) is 2. The SMILES string of the molecule is CC(C)(C)OC(=O)N1CC[C@@H](Cc2cc3ccccc3cn2)C1. The molecule has 0 bridgehead atoms. The lowest BCUT2D eigenvalue weighted by Gasteiger charge is -2.24. The molecular weight excluding hydrogens is 288 g/mol. The van der Waals surface area contributed by atoms with Gasteiger partial charge in [-0.3, -0.25) is 4.98 Å². The van der Waals surface area contributed by atoms with Crippen LogP contribution in [-0.2, 0) is 11.2 Å². The van der Waals surface area contributed by atoms with Gasteiger partial charge in [0.15, 0.2) is 0 Å². The van der Waals surface area contributed by atoms with E-state index in [0.717, 1.165) is 37.0 Å². The van der Waals surface area contributed by atoms with Gasteiger partial charge < -0.3 is 9.64 Å². The highest BCUT2D eigenvalue weighted by Gasteiger charge is 2.29. The van der Waals surface area contributed by atoms with Gasteiger partial charge in [0.2, 0.25) is 0 Å². The lowest BCUT2D eigenvalue weighted by Crippen LogP contribution is -2.35. The van der Waals surface area contributed by atoms with Crippen LogP contribution in [0.25, 0.3) is 10.8 Å². The van der Waals surface area contributed by atoms with Gasteiger partial charge in [0.1, 0.15) is 5.60 Å². The van der Waals surface area contributed by atoms with E-state index in [4.69, 9.17) is 4.74 Å². The predicted octanol–water partition coefficient (Wildman–Crippen LogP) is 4.03. The fourth-order valence-corrected chi connectivity index (χ4v) is 3.03. The van der Waals surface area contributed by atoms with E-state index >= 15 is 0 Å². The molecule has 4 nitrogen and oxygen atoms in total. The second-order valence-electron chi connectivity index (χ2n) is 7.31. The first-order valence-electron chi connectivity index (χ1n) is 8.22. The topological polar surface area (TPSA) is 42.4 Å². The molecule has 0 aliphatic carbocycles. The maximum Gasteiger partial charge on any atom is 0.410 e. The Balaban J connectivity index is 1.61. The summed E-state index contributed by atoms with van der Waals surface area (Å²) in [5, 5.41) is 2.39. The minimum Gasteiger partial charge on any atom is -0.444 e. The molecule has 4 heteroatoms. The smallest absolute Gasteiger partial charge is 0.410 e. The zero-order valence-electron chi connectivity index (χ0n) is 14.1. The van der Waals surface area contributed by atoms with Crippen molar-refractivity contribution in [1.82, 2.24) is 9.88 Å². The number of amides is 1. The molecule has 1 fully saturated rings. The largest absolute Gasteiger partial charge is 0.444 e. The third-order valence-corrected chi connectivity index (χ3v) is 4.12. The van der Waals surface area contributed by atoms with E-state index in [1.807, 2.05) is 44.0 Å². The third-order valence-electron chi connectivity index (χ3n) is 4.12. The summed E-state index contributed by atoms with van der Waals surface area (Å²) in [5.41, 5.74) is 0.662. The van der Waals surface area contributed by atoms with E-state index in [1.54, 1.807) is 0 Å². The average molecular weight is 312 g/mol. The van der Waals surface area contributed by atoms with Gasteiger partial charge >= 0.3 is 6.09 Å². The molecule has 23 heavy (non-hydrogen) atoms. The molecule has 3 rings (SSSR count). The minimum absolute atomic E-state index is 0.202. The molecule has 1 aromatic heterocycles. The maximum atomic E-state index is 12.1. The molecule has 0 radical (unpaired) electrons. The normalized spacial score (nSPS) is 18.4. The van der Waals surface area contributed by atoms with Crippen molar-refractivity contribution in [2.45, 2.75) is 39.2 Å². The van der Waals surface area contributed by atoms with Gasteiger partial charge in [0.05, 0.1) is 0 Å². The highest BCUT2D eigenvalue weighted by atomic mass is 16.6. The van der Waals surface area contributed by atoms with E-state index in [9.17, 15) is 4.79 Å². The summed E-state index contributed by atoms with van der Waals surface area (Å²) in [7, 11) is 0. The van der Waals surface area contributed by atoms with E-state index < -0.39 is 5.60 Å². The highest BCUT2D eigenvalue weighted by molar-refractivity contribution is 5.81. The van der Waals surface area contributed by atoms with Crippen molar-refractivity contribution >= 4 is 16.9 Å². The van der Waals surface area contributed by atoms with E-state index in [2.05, 4.69) is 23.2 Å². The summed E-state index contributed by atoms with van der Waals surface area (Å²) in [6, 6.07) is 10.4. The Hall–Kier alpha value is -2.10. The molecule has 1 aliphatic rings. The van der Waals surface area contributed by atoms with E-state index in [0.29, 0.717) is 5.92 Å². The van der Waals surface area contributed by atoms with Crippen LogP contribution in [0.2, 0.25) is 0 Å². The van der Waals surface area contributed by atoms with Crippen LogP contribution in [-0.4, -0.2) is 34.7 Å². The Labute approximate surface area is 137 Å². The second-order valence-corrected chi connectivity index (χ2v) is 7.31. The van der Waals surface area contributed by atoms with Gasteiger partial charge in [-0.25, -0.2) is 4.79 Å². The van der Waals surface area contributed by atoms with Crippen LogP contribution in [0.15, 0.2) is 36.5 Å². The fourth-order valence-electron chi connectivity index (χ4n) is 3.03. The average Bonchev–Trinajstić information content (AvgIpc) is 2.94. The monoisotopic (exact) mass is 312 g/mol. The van der Waals surface area contributed by atoms with Crippen LogP contribution in [0, 0.1) is 5.92 Å². The summed E-state index contributed by atoms with van der Waals surface area (Å²) in [6.45, 7) is 7.23. The second kappa shape index (κ2) is 6.19. The molecule has 0 spiro atoms. The summed E-state index contributed by atoms with van der Waals surface area (Å²) in [4.78, 5) is 18.5. The van der Waals surface area contributed by atoms with Crippen molar-refractivity contribution in [1.29, 1.82) is 0 Å². The molecule has 2 aromatic rings. The molecular formula is C19H24N2O2. The Kier molecular flexibility index (Phi) is 4.24. The lowest BCUT2D eigenvalue weighted by molar-refractivity contribution is 0.0288. The van der Waals surface area contributed by atoms with Gasteiger partial charge in [-0.2, -0.15) is 0 Å². The summed E-state index contributed by atoms with van der Waals surface area (Å²) in [6.07, 6.45) is 3.65. The molecule has 1 atom stereocenters. The summed E-state index contributed by atoms with van der Waals surface area (Å²) in [5.74, 6) is 0.455. The lowest BCUT2D eigenvalue weighted by atomic mass is 10.0. The maximum absolute atomic E-state index is 12.1. The molecule has 0 N–H and O–H groups in total. The number of pyridine rings is 1. The van der Waals surface area contributed by atoms with E-state index in [1.165, 1.54) is 5.39 Å². The van der Waals surface area contributed by atoms with Crippen LogP contribution >= 0.6 is 0 Å². The van der Waals surface area contributed by atoms with Crippen LogP contribution in [0.3, 0.4) is 0 Å². The molecule has 1 aliphatic heterocycles. The van der Waals surface area contributed by atoms with Gasteiger partial charge in [-0.05, 0) is 51.0 Å². The van der Waals surface area contributed by atoms with Crippen molar-refractivity contribution in [3.05, 3.63) is 42.2 Å². The fraction of sp³-hybridized carbons (Fsp3) is 0.474. The summed E-state index contributed by atoms with van der Waals surface area (Å²) < 4.78 is 5.45. The van der Waals surface area contributed by atoms with Gasteiger partial charge in [-0.1, -0.05) is 24.3 Å². The number of likely N-dealkylation sites (tertiary alicyclic amines) is 1. The number of ether oxygens (including phenoxy) is 1. The van der Waals surface area contributed by atoms with Crippen molar-refractivity contribution in [2.75, 3.05) is 13.1 Å². The molecule has 0 saturated carbocycles. The Morgan fingerprint density at radius 2 is 2.04 bits per heavy atom. The number of benzene rings is 1. The number of carbonyl (C=O) groups excluding carboxylic acids is 1. The Morgan fingerprint density at radius 3 is 2.78 bits per heavy atom. The first-order valence-corrected chi connectivity index (χ1v) is 8.22. The van der Waals surface area contributed by atoms with Gasteiger partial charge in [0, 0.05) is 30.4 Å². The molecule has 2 heterocycles. The predicted molar refractivity (Wildman–Crippen MR) is 91.4 cm³/mol. The van der Waals surface area contributed by atoms with Crippen molar-refractivity contribution in [3.8, 4) is 0 Å². The number of fused-ring (bicyclic) bond motifs is 1. The van der Waals surface area contributed by atoms with Crippen molar-refractivity contribution in [3.63, 3.8) is 0 Å². The Morgan fingerprint density at radius 1 is 1.30 bits per heavy atom. The first-order chi connectivity index (χ1) is 10.9. The first kappa shape index (κ1) is 15.8. The number of hydrogen-bond donors (Lipinski definition) is 0. The van der Waals surface area contributed by atoms with Gasteiger partial charge in [-0.15, -0.1) is 0 Å². The van der Waals surface area contributed by atoms with Crippen LogP contribution < -0.4 is 0 Å². The zero-order chi connectivity index (χ0) is 16.4. The number of aromatic nitrogens is 1. The Bertz CT molecular complexity index is 706. The highest BCUT2D eigenvalue weighted by Crippen LogP contribution is 2.23. The van der Waals surface area contributed by atoms with Crippen LogP contribution in [0.1, 0.15) is 32.9 Å². The number of rotatable bonds is 2. The molecule has 122 valence electrons. The minimum atomic E-state index is -0.435. The zero-order valence-corrected chi connectivity index (χ0v) is 14.1. The molecule has 0 unspecified atom stereocenters. The van der Waals surface area contributed by atoms with Gasteiger partial charge in [0.25, 0.3) is 0 Å².